The first kappa shape index (κ1) is 15.0. The topological polar surface area (TPSA) is 17.1 Å². The smallest absolute Gasteiger partial charge is 0.170 e. The van der Waals surface area contributed by atoms with E-state index in [1.54, 1.807) is 0 Å². The van der Waals surface area contributed by atoms with Crippen LogP contribution in [-0.4, -0.2) is 5.78 Å². The van der Waals surface area contributed by atoms with E-state index in [0.717, 1.165) is 11.1 Å². The van der Waals surface area contributed by atoms with E-state index in [-0.39, 0.29) is 5.92 Å². The standard InChI is InChI=1S/C19H26O/c1-3-5-9-15(10-6-4-2)18-14-13-16-11-7-8-12-17(16)19(18)20/h7-8,11-15,18H,3-6,9-10H2,1-2H3. The minimum absolute atomic E-state index is 0.1000. The van der Waals surface area contributed by atoms with Gasteiger partial charge in [-0.25, -0.2) is 0 Å². The number of allylic oxidation sites excluding steroid dienone is 1. The molecule has 0 radical (unpaired) electrons. The van der Waals surface area contributed by atoms with Crippen LogP contribution >= 0.6 is 0 Å². The molecule has 1 aromatic carbocycles. The van der Waals surface area contributed by atoms with Crippen LogP contribution in [0.3, 0.4) is 0 Å². The Morgan fingerprint density at radius 1 is 1.05 bits per heavy atom. The normalized spacial score (nSPS) is 17.6. The van der Waals surface area contributed by atoms with E-state index in [9.17, 15) is 4.79 Å². The molecule has 1 aliphatic carbocycles. The molecule has 0 fully saturated rings. The average Bonchev–Trinajstić information content (AvgIpc) is 2.49. The molecule has 0 aliphatic heterocycles. The Hall–Kier alpha value is -1.37. The Labute approximate surface area is 123 Å². The minimum atomic E-state index is 0.1000. The molecule has 0 spiro atoms. The first-order chi connectivity index (χ1) is 9.77. The van der Waals surface area contributed by atoms with Crippen molar-refractivity contribution in [2.75, 3.05) is 0 Å². The van der Waals surface area contributed by atoms with Crippen molar-refractivity contribution < 1.29 is 4.79 Å². The lowest BCUT2D eigenvalue weighted by atomic mass is 9.76. The van der Waals surface area contributed by atoms with Gasteiger partial charge in [0, 0.05) is 11.5 Å². The van der Waals surface area contributed by atoms with Gasteiger partial charge in [0.2, 0.25) is 0 Å². The highest BCUT2D eigenvalue weighted by molar-refractivity contribution is 6.04. The lowest BCUT2D eigenvalue weighted by Gasteiger charge is -2.27. The lowest BCUT2D eigenvalue weighted by Crippen LogP contribution is -2.25. The molecule has 0 saturated carbocycles. The van der Waals surface area contributed by atoms with E-state index >= 15 is 0 Å². The van der Waals surface area contributed by atoms with Crippen molar-refractivity contribution in [2.24, 2.45) is 11.8 Å². The SMILES string of the molecule is CCCCC(CCCC)C1C=Cc2ccccc2C1=O. The van der Waals surface area contributed by atoms with Crippen molar-refractivity contribution >= 4 is 11.9 Å². The summed E-state index contributed by atoms with van der Waals surface area (Å²) in [6.45, 7) is 4.45. The molecule has 1 aliphatic rings. The first-order valence-electron chi connectivity index (χ1n) is 8.09. The van der Waals surface area contributed by atoms with Crippen LogP contribution in [-0.2, 0) is 0 Å². The molecule has 0 amide bonds. The van der Waals surface area contributed by atoms with Gasteiger partial charge in [-0.15, -0.1) is 0 Å². The number of benzene rings is 1. The van der Waals surface area contributed by atoms with Crippen LogP contribution in [0.25, 0.3) is 6.08 Å². The molecule has 0 aromatic heterocycles. The Morgan fingerprint density at radius 2 is 1.70 bits per heavy atom. The molecule has 0 N–H and O–H groups in total. The highest BCUT2D eigenvalue weighted by atomic mass is 16.1. The quantitative estimate of drug-likeness (QED) is 0.638. The molecule has 0 bridgehead atoms. The molecular formula is C19H26O. The fraction of sp³-hybridized carbons (Fsp3) is 0.526. The van der Waals surface area contributed by atoms with Gasteiger partial charge in [-0.3, -0.25) is 4.79 Å². The molecular weight excluding hydrogens is 244 g/mol. The Bertz CT molecular complexity index is 464. The van der Waals surface area contributed by atoms with Gasteiger partial charge in [-0.1, -0.05) is 75.9 Å². The number of rotatable bonds is 7. The molecule has 0 heterocycles. The summed E-state index contributed by atoms with van der Waals surface area (Å²) in [6, 6.07) is 7.99. The zero-order valence-electron chi connectivity index (χ0n) is 12.8. The molecule has 1 heteroatoms. The number of Topliss-reactive ketones (excluding diaryl/α,β-unsaturated/α-hetero) is 1. The maximum atomic E-state index is 12.7. The van der Waals surface area contributed by atoms with Crippen LogP contribution in [0.15, 0.2) is 30.3 Å². The lowest BCUT2D eigenvalue weighted by molar-refractivity contribution is 0.0896. The maximum Gasteiger partial charge on any atom is 0.170 e. The highest BCUT2D eigenvalue weighted by Crippen LogP contribution is 2.33. The van der Waals surface area contributed by atoms with Gasteiger partial charge >= 0.3 is 0 Å². The second-order valence-corrected chi connectivity index (χ2v) is 5.88. The second kappa shape index (κ2) is 7.42. The van der Waals surface area contributed by atoms with Crippen molar-refractivity contribution in [1.82, 2.24) is 0 Å². The van der Waals surface area contributed by atoms with Crippen LogP contribution < -0.4 is 0 Å². The predicted octanol–water partition coefficient (Wildman–Crippen LogP) is 5.51. The summed E-state index contributed by atoms with van der Waals surface area (Å²) in [6.07, 6.45) is 11.5. The van der Waals surface area contributed by atoms with Gasteiger partial charge in [0.25, 0.3) is 0 Å². The van der Waals surface area contributed by atoms with E-state index in [0.29, 0.717) is 11.7 Å². The van der Waals surface area contributed by atoms with Crippen molar-refractivity contribution in [1.29, 1.82) is 0 Å². The molecule has 0 saturated heterocycles. The molecule has 2 rings (SSSR count). The van der Waals surface area contributed by atoms with E-state index < -0.39 is 0 Å². The van der Waals surface area contributed by atoms with Crippen LogP contribution in [0.2, 0.25) is 0 Å². The number of hydrogen-bond acceptors (Lipinski definition) is 1. The van der Waals surface area contributed by atoms with Gasteiger partial charge in [0.1, 0.15) is 0 Å². The van der Waals surface area contributed by atoms with E-state index in [4.69, 9.17) is 0 Å². The monoisotopic (exact) mass is 270 g/mol. The van der Waals surface area contributed by atoms with E-state index in [1.165, 1.54) is 38.5 Å². The van der Waals surface area contributed by atoms with Crippen molar-refractivity contribution in [3.63, 3.8) is 0 Å². The third-order valence-electron chi connectivity index (χ3n) is 4.38. The van der Waals surface area contributed by atoms with Crippen molar-refractivity contribution in [3.8, 4) is 0 Å². The van der Waals surface area contributed by atoms with Crippen LogP contribution in [0.4, 0.5) is 0 Å². The molecule has 1 aromatic rings. The molecule has 108 valence electrons. The Balaban J connectivity index is 2.16. The summed E-state index contributed by atoms with van der Waals surface area (Å²) in [4.78, 5) is 12.7. The Kier molecular flexibility index (Phi) is 5.58. The summed E-state index contributed by atoms with van der Waals surface area (Å²) in [5.41, 5.74) is 2.00. The molecule has 1 atom stereocenters. The first-order valence-corrected chi connectivity index (χ1v) is 8.09. The molecule has 1 unspecified atom stereocenters. The summed E-state index contributed by atoms with van der Waals surface area (Å²) in [5, 5.41) is 0. The van der Waals surface area contributed by atoms with E-state index in [2.05, 4.69) is 26.0 Å². The number of ketones is 1. The fourth-order valence-corrected chi connectivity index (χ4v) is 3.15. The summed E-state index contributed by atoms with van der Waals surface area (Å²) >= 11 is 0. The summed E-state index contributed by atoms with van der Waals surface area (Å²) in [7, 11) is 0. The van der Waals surface area contributed by atoms with Crippen LogP contribution in [0, 0.1) is 11.8 Å². The zero-order chi connectivity index (χ0) is 14.4. The maximum absolute atomic E-state index is 12.7. The number of fused-ring (bicyclic) bond motifs is 1. The fourth-order valence-electron chi connectivity index (χ4n) is 3.15. The largest absolute Gasteiger partial charge is 0.293 e. The van der Waals surface area contributed by atoms with Gasteiger partial charge in [-0.2, -0.15) is 0 Å². The van der Waals surface area contributed by atoms with Crippen LogP contribution in [0.5, 0.6) is 0 Å². The van der Waals surface area contributed by atoms with Gasteiger partial charge in [0.15, 0.2) is 5.78 Å². The molecule has 1 nitrogen and oxygen atoms in total. The number of carbonyl (C=O) groups is 1. The molecule has 20 heavy (non-hydrogen) atoms. The zero-order valence-corrected chi connectivity index (χ0v) is 12.8. The minimum Gasteiger partial charge on any atom is -0.293 e. The van der Waals surface area contributed by atoms with E-state index in [1.807, 2.05) is 24.3 Å². The second-order valence-electron chi connectivity index (χ2n) is 5.88. The summed E-state index contributed by atoms with van der Waals surface area (Å²) in [5.74, 6) is 0.954. The van der Waals surface area contributed by atoms with Gasteiger partial charge < -0.3 is 0 Å². The van der Waals surface area contributed by atoms with Gasteiger partial charge in [0.05, 0.1) is 0 Å². The van der Waals surface area contributed by atoms with Crippen LogP contribution in [0.1, 0.15) is 68.3 Å². The van der Waals surface area contributed by atoms with Crippen molar-refractivity contribution in [3.05, 3.63) is 41.5 Å². The third kappa shape index (κ3) is 3.39. The Morgan fingerprint density at radius 3 is 2.35 bits per heavy atom. The average molecular weight is 270 g/mol. The number of unbranched alkanes of at least 4 members (excludes halogenated alkanes) is 2. The number of carbonyl (C=O) groups excluding carboxylic acids is 1. The predicted molar refractivity (Wildman–Crippen MR) is 85.8 cm³/mol. The third-order valence-corrected chi connectivity index (χ3v) is 4.38. The highest BCUT2D eigenvalue weighted by Gasteiger charge is 2.29. The number of hydrogen-bond donors (Lipinski definition) is 0. The van der Waals surface area contributed by atoms with Crippen molar-refractivity contribution in [2.45, 2.75) is 52.4 Å². The van der Waals surface area contributed by atoms with Gasteiger partial charge in [-0.05, 0) is 24.3 Å². The summed E-state index contributed by atoms with van der Waals surface area (Å²) < 4.78 is 0.